The summed E-state index contributed by atoms with van der Waals surface area (Å²) in [5, 5.41) is 8.99. The fourth-order valence-corrected chi connectivity index (χ4v) is 4.42. The van der Waals surface area contributed by atoms with Gasteiger partial charge in [-0.15, -0.1) is 0 Å². The molecule has 2 unspecified atom stereocenters. The average molecular weight is 421 g/mol. The molecule has 2 rings (SSSR count). The minimum Gasteiger partial charge on any atom is -0.469 e. The van der Waals surface area contributed by atoms with Crippen LogP contribution < -0.4 is 0 Å². The van der Waals surface area contributed by atoms with Crippen molar-refractivity contribution in [3.05, 3.63) is 0 Å². The van der Waals surface area contributed by atoms with Crippen LogP contribution in [0.5, 0.6) is 0 Å². The fraction of sp³-hybridized carbons (Fsp3) is 0.875. The number of nitrogens with zero attached hydrogens (tertiary/aromatic N) is 1. The topological polar surface area (TPSA) is 68.5 Å². The Morgan fingerprint density at radius 1 is 1.50 bits per heavy atom. The van der Waals surface area contributed by atoms with Crippen LogP contribution in [0.1, 0.15) is 45.4 Å². The maximum Gasteiger partial charge on any atom is 0.305 e. The SMILES string of the molecule is COC(=O)CCC1C[C@]2(CI)OC(C[C@@H](C)C#N)CC[C@@H]2O1. The highest BCUT2D eigenvalue weighted by atomic mass is 127. The summed E-state index contributed by atoms with van der Waals surface area (Å²) in [6.07, 6.45) is 4.92. The quantitative estimate of drug-likeness (QED) is 0.375. The summed E-state index contributed by atoms with van der Waals surface area (Å²) < 4.78 is 18.1. The van der Waals surface area contributed by atoms with Gasteiger partial charge in [-0.1, -0.05) is 22.6 Å². The van der Waals surface area contributed by atoms with E-state index in [4.69, 9.17) is 19.5 Å². The van der Waals surface area contributed by atoms with Gasteiger partial charge in [-0.3, -0.25) is 4.79 Å². The Bertz CT molecular complexity index is 438. The molecule has 0 aromatic rings. The Morgan fingerprint density at radius 3 is 2.91 bits per heavy atom. The predicted molar refractivity (Wildman–Crippen MR) is 89.6 cm³/mol. The van der Waals surface area contributed by atoms with Crippen LogP contribution in [-0.4, -0.2) is 41.4 Å². The van der Waals surface area contributed by atoms with E-state index in [0.717, 1.165) is 30.1 Å². The highest BCUT2D eigenvalue weighted by Gasteiger charge is 2.52. The first-order valence-corrected chi connectivity index (χ1v) is 9.41. The first kappa shape index (κ1) is 18.0. The second-order valence-electron chi connectivity index (χ2n) is 6.35. The van der Waals surface area contributed by atoms with Crippen molar-refractivity contribution >= 4 is 28.6 Å². The number of esters is 1. The van der Waals surface area contributed by atoms with Crippen LogP contribution in [0.2, 0.25) is 0 Å². The Balaban J connectivity index is 1.94. The van der Waals surface area contributed by atoms with Gasteiger partial charge in [0, 0.05) is 23.2 Å². The van der Waals surface area contributed by atoms with Crippen molar-refractivity contribution < 1.29 is 19.0 Å². The van der Waals surface area contributed by atoms with E-state index in [1.165, 1.54) is 7.11 Å². The van der Waals surface area contributed by atoms with E-state index in [0.29, 0.717) is 12.8 Å². The Hall–Kier alpha value is -0.390. The first-order chi connectivity index (χ1) is 10.5. The van der Waals surface area contributed by atoms with E-state index in [9.17, 15) is 4.79 Å². The Morgan fingerprint density at radius 2 is 2.27 bits per heavy atom. The number of carbonyl (C=O) groups is 1. The Kier molecular flexibility index (Phi) is 6.47. The van der Waals surface area contributed by atoms with Gasteiger partial charge < -0.3 is 14.2 Å². The summed E-state index contributed by atoms with van der Waals surface area (Å²) in [6.45, 7) is 1.94. The predicted octanol–water partition coefficient (Wildman–Crippen LogP) is 3.00. The fourth-order valence-electron chi connectivity index (χ4n) is 3.44. The molecule has 2 aliphatic rings. The van der Waals surface area contributed by atoms with Crippen LogP contribution in [0.4, 0.5) is 0 Å². The summed E-state index contributed by atoms with van der Waals surface area (Å²) in [4.78, 5) is 11.3. The van der Waals surface area contributed by atoms with Gasteiger partial charge in [-0.25, -0.2) is 0 Å². The van der Waals surface area contributed by atoms with Crippen molar-refractivity contribution in [2.45, 2.75) is 69.4 Å². The third-order valence-electron chi connectivity index (χ3n) is 4.63. The molecule has 0 N–H and O–H groups in total. The lowest BCUT2D eigenvalue weighted by molar-refractivity contribution is -0.155. The maximum atomic E-state index is 11.3. The molecule has 5 atom stereocenters. The van der Waals surface area contributed by atoms with Gasteiger partial charge in [0.05, 0.1) is 31.5 Å². The van der Waals surface area contributed by atoms with Crippen molar-refractivity contribution in [1.82, 2.24) is 0 Å². The third kappa shape index (κ3) is 4.12. The van der Waals surface area contributed by atoms with E-state index in [-0.39, 0.29) is 35.8 Å². The average Bonchev–Trinajstić information content (AvgIpc) is 2.90. The highest BCUT2D eigenvalue weighted by Crippen LogP contribution is 2.44. The molecule has 22 heavy (non-hydrogen) atoms. The van der Waals surface area contributed by atoms with Gasteiger partial charge >= 0.3 is 5.97 Å². The van der Waals surface area contributed by atoms with Gasteiger partial charge in [0.1, 0.15) is 5.60 Å². The summed E-state index contributed by atoms with van der Waals surface area (Å²) >= 11 is 2.37. The summed E-state index contributed by atoms with van der Waals surface area (Å²) in [6, 6.07) is 2.29. The lowest BCUT2D eigenvalue weighted by Gasteiger charge is -2.41. The van der Waals surface area contributed by atoms with Crippen molar-refractivity contribution in [2.75, 3.05) is 11.5 Å². The highest BCUT2D eigenvalue weighted by molar-refractivity contribution is 14.1. The van der Waals surface area contributed by atoms with E-state index < -0.39 is 0 Å². The van der Waals surface area contributed by atoms with Crippen molar-refractivity contribution in [3.63, 3.8) is 0 Å². The number of rotatable bonds is 6. The maximum absolute atomic E-state index is 11.3. The lowest BCUT2D eigenvalue weighted by Crippen LogP contribution is -2.50. The van der Waals surface area contributed by atoms with Gasteiger partial charge in [0.15, 0.2) is 0 Å². The number of alkyl halides is 1. The second kappa shape index (κ2) is 7.93. The minimum absolute atomic E-state index is 0.0188. The number of hydrogen-bond acceptors (Lipinski definition) is 5. The molecule has 0 spiro atoms. The molecular formula is C16H24INO4. The van der Waals surface area contributed by atoms with Crippen LogP contribution in [-0.2, 0) is 19.0 Å². The molecule has 0 saturated carbocycles. The molecule has 5 nitrogen and oxygen atoms in total. The summed E-state index contributed by atoms with van der Waals surface area (Å²) in [5.41, 5.74) is -0.251. The van der Waals surface area contributed by atoms with Gasteiger partial charge in [0.2, 0.25) is 0 Å². The zero-order chi connectivity index (χ0) is 16.2. The van der Waals surface area contributed by atoms with Crippen molar-refractivity contribution in [2.24, 2.45) is 5.92 Å². The molecule has 6 heteroatoms. The largest absolute Gasteiger partial charge is 0.469 e. The van der Waals surface area contributed by atoms with Crippen LogP contribution in [0.25, 0.3) is 0 Å². The minimum atomic E-state index is -0.251. The molecule has 2 aliphatic heterocycles. The van der Waals surface area contributed by atoms with Crippen LogP contribution in [0.15, 0.2) is 0 Å². The number of halogens is 1. The first-order valence-electron chi connectivity index (χ1n) is 7.88. The molecule has 124 valence electrons. The zero-order valence-corrected chi connectivity index (χ0v) is 15.4. The van der Waals surface area contributed by atoms with Crippen LogP contribution >= 0.6 is 22.6 Å². The molecule has 2 fully saturated rings. The molecule has 0 amide bonds. The number of hydrogen-bond donors (Lipinski definition) is 0. The molecule has 0 aliphatic carbocycles. The zero-order valence-electron chi connectivity index (χ0n) is 13.2. The molecule has 0 bridgehead atoms. The normalized spacial score (nSPS) is 35.5. The lowest BCUT2D eigenvalue weighted by atomic mass is 9.86. The van der Waals surface area contributed by atoms with Crippen molar-refractivity contribution in [3.8, 4) is 6.07 Å². The van der Waals surface area contributed by atoms with E-state index >= 15 is 0 Å². The van der Waals surface area contributed by atoms with Gasteiger partial charge in [-0.2, -0.15) is 5.26 Å². The van der Waals surface area contributed by atoms with E-state index in [1.54, 1.807) is 0 Å². The van der Waals surface area contributed by atoms with E-state index in [2.05, 4.69) is 28.7 Å². The van der Waals surface area contributed by atoms with Crippen LogP contribution in [0.3, 0.4) is 0 Å². The molecule has 2 saturated heterocycles. The van der Waals surface area contributed by atoms with E-state index in [1.807, 2.05) is 6.92 Å². The van der Waals surface area contributed by atoms with Gasteiger partial charge in [-0.05, 0) is 32.6 Å². The monoisotopic (exact) mass is 421 g/mol. The third-order valence-corrected chi connectivity index (χ3v) is 5.92. The summed E-state index contributed by atoms with van der Waals surface area (Å²) in [7, 11) is 1.41. The molecule has 0 aromatic carbocycles. The number of nitriles is 1. The van der Waals surface area contributed by atoms with Gasteiger partial charge in [0.25, 0.3) is 0 Å². The summed E-state index contributed by atoms with van der Waals surface area (Å²) in [5.74, 6) is -0.172. The number of ether oxygens (including phenoxy) is 3. The molecular weight excluding hydrogens is 397 g/mol. The number of carbonyl (C=O) groups excluding carboxylic acids is 1. The molecule has 2 heterocycles. The van der Waals surface area contributed by atoms with Crippen molar-refractivity contribution in [1.29, 1.82) is 5.26 Å². The Labute approximate surface area is 145 Å². The standard InChI is InChI=1S/C16H24INO4/c1-11(9-18)7-12-3-5-14-16(10-17,22-12)8-13(21-14)4-6-15(19)20-2/h11-14H,3-8,10H2,1-2H3/t11-,12?,13?,14+,16-/m1/s1. The smallest absolute Gasteiger partial charge is 0.305 e. The molecule has 0 radical (unpaired) electrons. The second-order valence-corrected chi connectivity index (χ2v) is 7.11. The van der Waals surface area contributed by atoms with Crippen LogP contribution in [0, 0.1) is 17.2 Å². The number of fused-ring (bicyclic) bond motifs is 1. The number of methoxy groups -OCH3 is 1. The molecule has 0 aromatic heterocycles.